The molecule has 0 aromatic heterocycles. The van der Waals surface area contributed by atoms with E-state index < -0.39 is 0 Å². The summed E-state index contributed by atoms with van der Waals surface area (Å²) in [5, 5.41) is 3.53. The number of morpholine rings is 1. The minimum Gasteiger partial charge on any atom is -0.376 e. The fraction of sp³-hybridized carbons (Fsp3) is 1.00. The van der Waals surface area contributed by atoms with Crippen molar-refractivity contribution in [2.75, 3.05) is 26.2 Å². The van der Waals surface area contributed by atoms with E-state index in [1.54, 1.807) is 0 Å². The highest BCUT2D eigenvalue weighted by molar-refractivity contribution is 4.76. The standard InChI is InChI=1S/C12H26N2O/c1-5-10(2)13-6-7-14-8-12(4)15-9-11(14)3/h10-13H,5-9H2,1-4H3. The molecule has 3 nitrogen and oxygen atoms in total. The Morgan fingerprint density at radius 2 is 2.20 bits per heavy atom. The molecular formula is C12H26N2O. The smallest absolute Gasteiger partial charge is 0.0674 e. The molecule has 0 aliphatic carbocycles. The zero-order valence-electron chi connectivity index (χ0n) is 10.6. The van der Waals surface area contributed by atoms with Gasteiger partial charge in [0.1, 0.15) is 0 Å². The lowest BCUT2D eigenvalue weighted by Crippen LogP contribution is -2.49. The summed E-state index contributed by atoms with van der Waals surface area (Å²) in [5.74, 6) is 0. The van der Waals surface area contributed by atoms with Crippen LogP contribution in [0.3, 0.4) is 0 Å². The van der Waals surface area contributed by atoms with Gasteiger partial charge in [0, 0.05) is 31.7 Å². The lowest BCUT2D eigenvalue weighted by atomic mass is 10.2. The van der Waals surface area contributed by atoms with Crippen molar-refractivity contribution >= 4 is 0 Å². The van der Waals surface area contributed by atoms with Crippen LogP contribution in [0.15, 0.2) is 0 Å². The first-order chi connectivity index (χ1) is 7.13. The van der Waals surface area contributed by atoms with Crippen LogP contribution in [0.5, 0.6) is 0 Å². The molecule has 3 heteroatoms. The van der Waals surface area contributed by atoms with Crippen molar-refractivity contribution in [2.24, 2.45) is 0 Å². The molecule has 15 heavy (non-hydrogen) atoms. The van der Waals surface area contributed by atoms with Gasteiger partial charge in [0.25, 0.3) is 0 Å². The fourth-order valence-corrected chi connectivity index (χ4v) is 1.88. The van der Waals surface area contributed by atoms with Crippen molar-refractivity contribution in [3.63, 3.8) is 0 Å². The molecule has 1 N–H and O–H groups in total. The summed E-state index contributed by atoms with van der Waals surface area (Å²) >= 11 is 0. The minimum atomic E-state index is 0.393. The average molecular weight is 214 g/mol. The van der Waals surface area contributed by atoms with E-state index in [0.717, 1.165) is 26.2 Å². The highest BCUT2D eigenvalue weighted by Gasteiger charge is 2.22. The van der Waals surface area contributed by atoms with Gasteiger partial charge in [0.15, 0.2) is 0 Å². The predicted octanol–water partition coefficient (Wildman–Crippen LogP) is 1.48. The van der Waals surface area contributed by atoms with E-state index in [0.29, 0.717) is 18.2 Å². The zero-order valence-corrected chi connectivity index (χ0v) is 10.6. The molecule has 0 saturated carbocycles. The van der Waals surface area contributed by atoms with Crippen molar-refractivity contribution in [1.82, 2.24) is 10.2 Å². The van der Waals surface area contributed by atoms with Crippen LogP contribution in [0.4, 0.5) is 0 Å². The van der Waals surface area contributed by atoms with Crippen molar-refractivity contribution in [3.8, 4) is 0 Å². The van der Waals surface area contributed by atoms with Crippen LogP contribution >= 0.6 is 0 Å². The van der Waals surface area contributed by atoms with Gasteiger partial charge in [-0.3, -0.25) is 4.90 Å². The molecule has 1 aliphatic rings. The van der Waals surface area contributed by atoms with Crippen molar-refractivity contribution in [1.29, 1.82) is 0 Å². The Hall–Kier alpha value is -0.120. The second-order valence-electron chi connectivity index (χ2n) is 4.75. The van der Waals surface area contributed by atoms with Gasteiger partial charge in [0.05, 0.1) is 12.7 Å². The van der Waals surface area contributed by atoms with Gasteiger partial charge in [-0.05, 0) is 27.2 Å². The highest BCUT2D eigenvalue weighted by atomic mass is 16.5. The SMILES string of the molecule is CCC(C)NCCN1CC(C)OCC1C. The first-order valence-corrected chi connectivity index (χ1v) is 6.22. The second kappa shape index (κ2) is 6.46. The maximum atomic E-state index is 5.61. The van der Waals surface area contributed by atoms with Crippen LogP contribution in [0.1, 0.15) is 34.1 Å². The van der Waals surface area contributed by atoms with Gasteiger partial charge in [-0.1, -0.05) is 6.92 Å². The molecular weight excluding hydrogens is 188 g/mol. The largest absolute Gasteiger partial charge is 0.376 e. The van der Waals surface area contributed by atoms with E-state index in [1.165, 1.54) is 6.42 Å². The maximum Gasteiger partial charge on any atom is 0.0674 e. The number of hydrogen-bond acceptors (Lipinski definition) is 3. The van der Waals surface area contributed by atoms with E-state index in [1.807, 2.05) is 0 Å². The monoisotopic (exact) mass is 214 g/mol. The molecule has 0 bridgehead atoms. The van der Waals surface area contributed by atoms with Crippen molar-refractivity contribution in [3.05, 3.63) is 0 Å². The van der Waals surface area contributed by atoms with E-state index in [-0.39, 0.29) is 0 Å². The molecule has 0 radical (unpaired) electrons. The molecule has 3 unspecified atom stereocenters. The number of nitrogens with one attached hydrogen (secondary N) is 1. The predicted molar refractivity (Wildman–Crippen MR) is 64.2 cm³/mol. The summed E-state index contributed by atoms with van der Waals surface area (Å²) in [6, 6.07) is 1.21. The number of ether oxygens (including phenoxy) is 1. The van der Waals surface area contributed by atoms with E-state index >= 15 is 0 Å². The summed E-state index contributed by atoms with van der Waals surface area (Å²) < 4.78 is 5.61. The molecule has 1 rings (SSSR count). The maximum absolute atomic E-state index is 5.61. The lowest BCUT2D eigenvalue weighted by molar-refractivity contribution is -0.0487. The van der Waals surface area contributed by atoms with Crippen LogP contribution in [0.2, 0.25) is 0 Å². The van der Waals surface area contributed by atoms with Crippen molar-refractivity contribution in [2.45, 2.75) is 52.3 Å². The summed E-state index contributed by atoms with van der Waals surface area (Å²) in [5.41, 5.74) is 0. The van der Waals surface area contributed by atoms with Crippen LogP contribution in [-0.2, 0) is 4.74 Å². The molecule has 0 aromatic rings. The molecule has 3 atom stereocenters. The van der Waals surface area contributed by atoms with E-state index in [4.69, 9.17) is 4.74 Å². The molecule has 1 saturated heterocycles. The first kappa shape index (κ1) is 12.9. The Kier molecular flexibility index (Phi) is 5.58. The molecule has 0 amide bonds. The molecule has 1 heterocycles. The summed E-state index contributed by atoms with van der Waals surface area (Å²) in [4.78, 5) is 2.52. The quantitative estimate of drug-likeness (QED) is 0.750. The lowest BCUT2D eigenvalue weighted by Gasteiger charge is -2.37. The third kappa shape index (κ3) is 4.49. The van der Waals surface area contributed by atoms with Gasteiger partial charge in [-0.25, -0.2) is 0 Å². The van der Waals surface area contributed by atoms with Gasteiger partial charge >= 0.3 is 0 Å². The van der Waals surface area contributed by atoms with E-state index in [2.05, 4.69) is 37.9 Å². The van der Waals surface area contributed by atoms with Gasteiger partial charge in [-0.2, -0.15) is 0 Å². The Morgan fingerprint density at radius 3 is 2.87 bits per heavy atom. The summed E-state index contributed by atoms with van der Waals surface area (Å²) in [7, 11) is 0. The highest BCUT2D eigenvalue weighted by Crippen LogP contribution is 2.10. The summed E-state index contributed by atoms with van der Waals surface area (Å²) in [6.07, 6.45) is 1.60. The Morgan fingerprint density at radius 1 is 1.47 bits per heavy atom. The topological polar surface area (TPSA) is 24.5 Å². The third-order valence-corrected chi connectivity index (χ3v) is 3.24. The minimum absolute atomic E-state index is 0.393. The third-order valence-electron chi connectivity index (χ3n) is 3.24. The van der Waals surface area contributed by atoms with Crippen LogP contribution < -0.4 is 5.32 Å². The molecule has 90 valence electrons. The van der Waals surface area contributed by atoms with Crippen LogP contribution in [0, 0.1) is 0 Å². The Bertz CT molecular complexity index is 175. The van der Waals surface area contributed by atoms with Crippen LogP contribution in [-0.4, -0.2) is 49.3 Å². The molecule has 0 aromatic carbocycles. The number of hydrogen-bond donors (Lipinski definition) is 1. The number of nitrogens with zero attached hydrogens (tertiary/aromatic N) is 1. The zero-order chi connectivity index (χ0) is 11.3. The fourth-order valence-electron chi connectivity index (χ4n) is 1.88. The normalized spacial score (nSPS) is 30.4. The Balaban J connectivity index is 2.18. The van der Waals surface area contributed by atoms with E-state index in [9.17, 15) is 0 Å². The Labute approximate surface area is 94.2 Å². The average Bonchev–Trinajstić information content (AvgIpc) is 2.23. The second-order valence-corrected chi connectivity index (χ2v) is 4.75. The summed E-state index contributed by atoms with van der Waals surface area (Å²) in [6.45, 7) is 13.0. The molecule has 1 fully saturated rings. The van der Waals surface area contributed by atoms with Gasteiger partial charge in [-0.15, -0.1) is 0 Å². The first-order valence-electron chi connectivity index (χ1n) is 6.22. The number of rotatable bonds is 5. The van der Waals surface area contributed by atoms with Crippen LogP contribution in [0.25, 0.3) is 0 Å². The van der Waals surface area contributed by atoms with Gasteiger partial charge < -0.3 is 10.1 Å². The van der Waals surface area contributed by atoms with Gasteiger partial charge in [0.2, 0.25) is 0 Å². The van der Waals surface area contributed by atoms with Crippen molar-refractivity contribution < 1.29 is 4.74 Å². The molecule has 1 aliphatic heterocycles. The molecule has 0 spiro atoms.